The molecular formula is C26H26ClFN2O4S. The molecule has 0 spiro atoms. The van der Waals surface area contributed by atoms with Crippen LogP contribution < -0.4 is 9.62 Å². The summed E-state index contributed by atoms with van der Waals surface area (Å²) in [5.74, 6) is -1.16. The zero-order chi connectivity index (χ0) is 24.9. The second kappa shape index (κ2) is 10.8. The van der Waals surface area contributed by atoms with Gasteiger partial charge in [-0.15, -0.1) is 0 Å². The lowest BCUT2D eigenvalue weighted by Crippen LogP contribution is -2.48. The molecule has 1 aliphatic heterocycles. The fraction of sp³-hybridized carbons (Fsp3) is 0.269. The summed E-state index contributed by atoms with van der Waals surface area (Å²) in [7, 11) is -4.12. The van der Waals surface area contributed by atoms with Crippen LogP contribution in [0.2, 0.25) is 5.02 Å². The van der Waals surface area contributed by atoms with Crippen LogP contribution in [0.4, 0.5) is 10.1 Å². The predicted octanol–water partition coefficient (Wildman–Crippen LogP) is 4.54. The van der Waals surface area contributed by atoms with Crippen LogP contribution in [0.1, 0.15) is 18.4 Å². The molecule has 1 amide bonds. The third kappa shape index (κ3) is 5.66. The highest BCUT2D eigenvalue weighted by atomic mass is 35.5. The van der Waals surface area contributed by atoms with Crippen molar-refractivity contribution in [3.05, 3.63) is 95.3 Å². The topological polar surface area (TPSA) is 75.7 Å². The Balaban J connectivity index is 1.59. The molecule has 9 heteroatoms. The van der Waals surface area contributed by atoms with Crippen LogP contribution in [0.25, 0.3) is 0 Å². The van der Waals surface area contributed by atoms with Gasteiger partial charge in [0.15, 0.2) is 0 Å². The van der Waals surface area contributed by atoms with Gasteiger partial charge in [0.05, 0.1) is 15.6 Å². The van der Waals surface area contributed by atoms with Gasteiger partial charge in [-0.05, 0) is 48.7 Å². The molecule has 184 valence electrons. The number of halogens is 2. The summed E-state index contributed by atoms with van der Waals surface area (Å²) >= 11 is 5.93. The number of carbonyl (C=O) groups is 1. The van der Waals surface area contributed by atoms with E-state index in [2.05, 4.69) is 5.32 Å². The maximum Gasteiger partial charge on any atom is 0.264 e. The van der Waals surface area contributed by atoms with E-state index in [0.717, 1.165) is 28.8 Å². The number of anilines is 1. The Labute approximate surface area is 209 Å². The van der Waals surface area contributed by atoms with E-state index in [1.54, 1.807) is 18.2 Å². The quantitative estimate of drug-likeness (QED) is 0.477. The van der Waals surface area contributed by atoms with Gasteiger partial charge in [0, 0.05) is 25.2 Å². The van der Waals surface area contributed by atoms with E-state index in [0.29, 0.717) is 19.8 Å². The summed E-state index contributed by atoms with van der Waals surface area (Å²) in [5, 5.41) is 2.70. The molecular weight excluding hydrogens is 491 g/mol. The first-order valence-electron chi connectivity index (χ1n) is 11.2. The van der Waals surface area contributed by atoms with E-state index in [9.17, 15) is 17.6 Å². The Morgan fingerprint density at radius 2 is 1.63 bits per heavy atom. The van der Waals surface area contributed by atoms with E-state index < -0.39 is 28.3 Å². The zero-order valence-corrected chi connectivity index (χ0v) is 20.6. The summed E-state index contributed by atoms with van der Waals surface area (Å²) in [6.45, 7) is 1.00. The molecule has 0 saturated carbocycles. The standard InChI is InChI=1S/C26H26ClFN2O4S/c27-23-17-21(11-12-24(23)28)30(35(32,33)22-9-5-2-6-10-22)18-25(31)29-19-26(13-15-34-16-14-26)20-7-3-1-4-8-20/h1-12,17H,13-16,18-19H2,(H,29,31). The van der Waals surface area contributed by atoms with Crippen molar-refractivity contribution in [3.63, 3.8) is 0 Å². The van der Waals surface area contributed by atoms with Crippen molar-refractivity contribution in [2.24, 2.45) is 0 Å². The second-order valence-corrected chi connectivity index (χ2v) is 10.7. The molecule has 1 saturated heterocycles. The number of carbonyl (C=O) groups excluding carboxylic acids is 1. The maximum atomic E-state index is 13.8. The van der Waals surface area contributed by atoms with Gasteiger partial charge in [-0.1, -0.05) is 60.1 Å². The molecule has 3 aromatic rings. The summed E-state index contributed by atoms with van der Waals surface area (Å²) in [4.78, 5) is 13.1. The number of hydrogen-bond donors (Lipinski definition) is 1. The number of hydrogen-bond acceptors (Lipinski definition) is 4. The van der Waals surface area contributed by atoms with E-state index in [4.69, 9.17) is 16.3 Å². The van der Waals surface area contributed by atoms with Gasteiger partial charge in [0.1, 0.15) is 12.4 Å². The summed E-state index contributed by atoms with van der Waals surface area (Å²) < 4.78 is 47.2. The van der Waals surface area contributed by atoms with Crippen LogP contribution in [0, 0.1) is 5.82 Å². The van der Waals surface area contributed by atoms with E-state index >= 15 is 0 Å². The largest absolute Gasteiger partial charge is 0.381 e. The number of nitrogens with one attached hydrogen (secondary N) is 1. The molecule has 1 N–H and O–H groups in total. The van der Waals surface area contributed by atoms with Crippen molar-refractivity contribution >= 4 is 33.2 Å². The van der Waals surface area contributed by atoms with Gasteiger partial charge in [-0.25, -0.2) is 12.8 Å². The van der Waals surface area contributed by atoms with E-state index in [-0.39, 0.29) is 21.0 Å². The van der Waals surface area contributed by atoms with Crippen LogP contribution in [-0.4, -0.2) is 40.6 Å². The number of amides is 1. The van der Waals surface area contributed by atoms with Crippen LogP contribution >= 0.6 is 11.6 Å². The predicted molar refractivity (Wildman–Crippen MR) is 134 cm³/mol. The highest BCUT2D eigenvalue weighted by molar-refractivity contribution is 7.92. The number of rotatable bonds is 8. The molecule has 6 nitrogen and oxygen atoms in total. The third-order valence-corrected chi connectivity index (χ3v) is 8.35. The van der Waals surface area contributed by atoms with E-state index in [1.165, 1.54) is 24.3 Å². The molecule has 0 atom stereocenters. The zero-order valence-electron chi connectivity index (χ0n) is 19.0. The van der Waals surface area contributed by atoms with Crippen molar-refractivity contribution in [2.75, 3.05) is 30.6 Å². The van der Waals surface area contributed by atoms with Crippen molar-refractivity contribution < 1.29 is 22.3 Å². The first-order valence-corrected chi connectivity index (χ1v) is 13.1. The Hall–Kier alpha value is -2.94. The van der Waals surface area contributed by atoms with Gasteiger partial charge in [0.2, 0.25) is 5.91 Å². The summed E-state index contributed by atoms with van der Waals surface area (Å²) in [6.07, 6.45) is 1.47. The smallest absolute Gasteiger partial charge is 0.264 e. The SMILES string of the molecule is O=C(CN(c1ccc(F)c(Cl)c1)S(=O)(=O)c1ccccc1)NCC1(c2ccccc2)CCOCC1. The highest BCUT2D eigenvalue weighted by Gasteiger charge is 2.35. The number of benzene rings is 3. The molecule has 0 unspecified atom stereocenters. The lowest BCUT2D eigenvalue weighted by molar-refractivity contribution is -0.120. The normalized spacial score (nSPS) is 15.4. The van der Waals surface area contributed by atoms with Gasteiger partial charge in [0.25, 0.3) is 10.0 Å². The number of ether oxygens (including phenoxy) is 1. The molecule has 1 aliphatic rings. The molecule has 3 aromatic carbocycles. The second-order valence-electron chi connectivity index (χ2n) is 8.46. The minimum absolute atomic E-state index is 0.0124. The number of sulfonamides is 1. The Bertz CT molecular complexity index is 1270. The Morgan fingerprint density at radius 1 is 1.00 bits per heavy atom. The van der Waals surface area contributed by atoms with Crippen LogP contribution in [-0.2, 0) is 25.0 Å². The Morgan fingerprint density at radius 3 is 2.26 bits per heavy atom. The lowest BCUT2D eigenvalue weighted by atomic mass is 9.74. The Kier molecular flexibility index (Phi) is 7.74. The maximum absolute atomic E-state index is 13.8. The molecule has 0 aromatic heterocycles. The summed E-state index contributed by atoms with van der Waals surface area (Å²) in [5.41, 5.74) is 0.888. The third-order valence-electron chi connectivity index (χ3n) is 6.27. The van der Waals surface area contributed by atoms with Crippen molar-refractivity contribution in [1.29, 1.82) is 0 Å². The average Bonchev–Trinajstić information content (AvgIpc) is 2.89. The molecule has 0 bridgehead atoms. The first kappa shape index (κ1) is 25.2. The van der Waals surface area contributed by atoms with Gasteiger partial charge >= 0.3 is 0 Å². The fourth-order valence-electron chi connectivity index (χ4n) is 4.25. The summed E-state index contributed by atoms with van der Waals surface area (Å²) in [6, 6.07) is 21.3. The molecule has 0 radical (unpaired) electrons. The van der Waals surface area contributed by atoms with Crippen LogP contribution in [0.3, 0.4) is 0 Å². The van der Waals surface area contributed by atoms with Gasteiger partial charge < -0.3 is 10.1 Å². The number of nitrogens with zero attached hydrogens (tertiary/aromatic N) is 1. The molecule has 0 aliphatic carbocycles. The minimum atomic E-state index is -4.12. The average molecular weight is 517 g/mol. The molecule has 35 heavy (non-hydrogen) atoms. The first-order chi connectivity index (χ1) is 16.8. The van der Waals surface area contributed by atoms with Crippen LogP contribution in [0.15, 0.2) is 83.8 Å². The minimum Gasteiger partial charge on any atom is -0.381 e. The van der Waals surface area contributed by atoms with Crippen molar-refractivity contribution in [1.82, 2.24) is 5.32 Å². The lowest BCUT2D eigenvalue weighted by Gasteiger charge is -2.38. The monoisotopic (exact) mass is 516 g/mol. The fourth-order valence-corrected chi connectivity index (χ4v) is 5.86. The highest BCUT2D eigenvalue weighted by Crippen LogP contribution is 2.34. The van der Waals surface area contributed by atoms with E-state index in [1.807, 2.05) is 30.3 Å². The molecule has 1 heterocycles. The molecule has 4 rings (SSSR count). The van der Waals surface area contributed by atoms with Gasteiger partial charge in [-0.3, -0.25) is 9.10 Å². The van der Waals surface area contributed by atoms with Crippen LogP contribution in [0.5, 0.6) is 0 Å². The van der Waals surface area contributed by atoms with Crippen molar-refractivity contribution in [3.8, 4) is 0 Å². The van der Waals surface area contributed by atoms with Crippen molar-refractivity contribution in [2.45, 2.75) is 23.2 Å². The molecule has 1 fully saturated rings. The van der Waals surface area contributed by atoms with Gasteiger partial charge in [-0.2, -0.15) is 0 Å².